The van der Waals surface area contributed by atoms with E-state index in [-0.39, 0.29) is 5.31 Å². The first-order chi connectivity index (χ1) is 5.62. The fourth-order valence-electron chi connectivity index (χ4n) is 2.03. The average molecular weight is 164 g/mol. The minimum Gasteiger partial charge on any atom is -0.0688 e. The first kappa shape index (κ1) is 10.1. The Balaban J connectivity index is 0.000000336. The van der Waals surface area contributed by atoms with E-state index in [1.165, 1.54) is 38.5 Å². The van der Waals surface area contributed by atoms with Crippen molar-refractivity contribution in [2.45, 2.75) is 64.6 Å². The summed E-state index contributed by atoms with van der Waals surface area (Å²) in [5.74, 6) is 0. The van der Waals surface area contributed by atoms with Gasteiger partial charge in [-0.2, -0.15) is 0 Å². The van der Waals surface area contributed by atoms with Gasteiger partial charge in [0.15, 0.2) is 0 Å². The van der Waals surface area contributed by atoms with Crippen molar-refractivity contribution in [3.63, 3.8) is 0 Å². The smallest absolute Gasteiger partial charge is 0.0688 e. The molecule has 0 atom stereocenters. The molecule has 1 spiro atoms. The fourth-order valence-corrected chi connectivity index (χ4v) is 2.03. The van der Waals surface area contributed by atoms with Crippen LogP contribution in [0.3, 0.4) is 0 Å². The van der Waals surface area contributed by atoms with Gasteiger partial charge in [-0.1, -0.05) is 38.9 Å². The van der Waals surface area contributed by atoms with Crippen molar-refractivity contribution in [1.29, 1.82) is 0 Å². The van der Waals surface area contributed by atoms with E-state index in [2.05, 4.69) is 6.92 Å². The SMILES string of the molecule is CC.[B]C1(C)CCC2(CC1)CC2. The molecule has 0 bridgehead atoms. The first-order valence-corrected chi connectivity index (χ1v) is 5.41. The summed E-state index contributed by atoms with van der Waals surface area (Å²) in [6.07, 6.45) is 8.30. The van der Waals surface area contributed by atoms with E-state index in [0.29, 0.717) is 0 Å². The molecule has 1 heteroatoms. The predicted molar refractivity (Wildman–Crippen MR) is 55.6 cm³/mol. The number of rotatable bonds is 0. The maximum absolute atomic E-state index is 6.03. The van der Waals surface area contributed by atoms with Gasteiger partial charge >= 0.3 is 0 Å². The lowest BCUT2D eigenvalue weighted by Gasteiger charge is -2.34. The predicted octanol–water partition coefficient (Wildman–Crippen LogP) is 3.71. The Morgan fingerprint density at radius 3 is 1.50 bits per heavy atom. The van der Waals surface area contributed by atoms with Gasteiger partial charge in [0.25, 0.3) is 0 Å². The highest BCUT2D eigenvalue weighted by Gasteiger charge is 2.46. The Morgan fingerprint density at radius 2 is 1.17 bits per heavy atom. The third kappa shape index (κ3) is 2.28. The minimum absolute atomic E-state index is 0.174. The van der Waals surface area contributed by atoms with E-state index in [1.807, 2.05) is 13.8 Å². The van der Waals surface area contributed by atoms with Crippen LogP contribution < -0.4 is 0 Å². The van der Waals surface area contributed by atoms with Crippen molar-refractivity contribution >= 4 is 7.85 Å². The number of hydrogen-bond donors (Lipinski definition) is 0. The molecule has 2 fully saturated rings. The molecule has 0 heterocycles. The van der Waals surface area contributed by atoms with E-state index in [1.54, 1.807) is 0 Å². The van der Waals surface area contributed by atoms with Crippen molar-refractivity contribution in [2.24, 2.45) is 5.41 Å². The summed E-state index contributed by atoms with van der Waals surface area (Å²) in [4.78, 5) is 0. The normalized spacial score (nSPS) is 28.9. The molecule has 0 saturated heterocycles. The molecule has 0 N–H and O–H groups in total. The molecule has 2 radical (unpaired) electrons. The zero-order chi connectivity index (χ0) is 9.24. The van der Waals surface area contributed by atoms with Crippen LogP contribution in [0.5, 0.6) is 0 Å². The molecule has 0 aromatic heterocycles. The molecule has 68 valence electrons. The number of hydrogen-bond acceptors (Lipinski definition) is 0. The van der Waals surface area contributed by atoms with Gasteiger partial charge in [-0.3, -0.25) is 0 Å². The van der Waals surface area contributed by atoms with Crippen LogP contribution in [0.25, 0.3) is 0 Å². The van der Waals surface area contributed by atoms with Gasteiger partial charge in [-0.25, -0.2) is 0 Å². The quantitative estimate of drug-likeness (QED) is 0.478. The van der Waals surface area contributed by atoms with Crippen LogP contribution in [0.4, 0.5) is 0 Å². The third-order valence-corrected chi connectivity index (χ3v) is 3.41. The lowest BCUT2D eigenvalue weighted by molar-refractivity contribution is 0.284. The molecule has 0 unspecified atom stereocenters. The van der Waals surface area contributed by atoms with Crippen LogP contribution in [0, 0.1) is 5.41 Å². The molecule has 2 aliphatic carbocycles. The molecular weight excluding hydrogens is 143 g/mol. The molecule has 12 heavy (non-hydrogen) atoms. The van der Waals surface area contributed by atoms with Crippen LogP contribution in [-0.4, -0.2) is 7.85 Å². The summed E-state index contributed by atoms with van der Waals surface area (Å²) >= 11 is 0. The van der Waals surface area contributed by atoms with Crippen molar-refractivity contribution in [3.05, 3.63) is 0 Å². The standard InChI is InChI=1S/C9H15B.C2H6/c1-8(10)2-4-9(5-3-8)6-7-9;1-2/h2-7H2,1H3;1-2H3. The van der Waals surface area contributed by atoms with E-state index in [0.717, 1.165) is 5.41 Å². The van der Waals surface area contributed by atoms with Gasteiger partial charge in [-0.15, -0.1) is 0 Å². The van der Waals surface area contributed by atoms with E-state index in [9.17, 15) is 0 Å². The van der Waals surface area contributed by atoms with Gasteiger partial charge in [-0.05, 0) is 31.1 Å². The zero-order valence-electron chi connectivity index (χ0n) is 8.82. The van der Waals surface area contributed by atoms with Gasteiger partial charge in [0, 0.05) is 0 Å². The lowest BCUT2D eigenvalue weighted by Crippen LogP contribution is -2.19. The largest absolute Gasteiger partial charge is 0.0742 e. The van der Waals surface area contributed by atoms with E-state index < -0.39 is 0 Å². The summed E-state index contributed by atoms with van der Waals surface area (Å²) in [6.45, 7) is 6.20. The molecule has 2 saturated carbocycles. The molecule has 0 nitrogen and oxygen atoms in total. The topological polar surface area (TPSA) is 0 Å². The van der Waals surface area contributed by atoms with E-state index >= 15 is 0 Å². The Hall–Kier alpha value is 0.0649. The molecule has 0 aromatic rings. The van der Waals surface area contributed by atoms with Crippen LogP contribution >= 0.6 is 0 Å². The first-order valence-electron chi connectivity index (χ1n) is 5.41. The Kier molecular flexibility index (Phi) is 2.90. The lowest BCUT2D eigenvalue weighted by atomic mass is 9.59. The van der Waals surface area contributed by atoms with E-state index in [4.69, 9.17) is 7.85 Å². The van der Waals surface area contributed by atoms with Crippen molar-refractivity contribution in [3.8, 4) is 0 Å². The van der Waals surface area contributed by atoms with Crippen LogP contribution in [0.2, 0.25) is 5.31 Å². The molecule has 0 amide bonds. The molecule has 2 rings (SSSR count). The fraction of sp³-hybridized carbons (Fsp3) is 1.00. The third-order valence-electron chi connectivity index (χ3n) is 3.41. The second-order valence-corrected chi connectivity index (χ2v) is 4.65. The Bertz CT molecular complexity index is 127. The van der Waals surface area contributed by atoms with Gasteiger partial charge in [0.1, 0.15) is 0 Å². The highest BCUT2D eigenvalue weighted by atomic mass is 14.5. The Labute approximate surface area is 78.5 Å². The molecule has 0 aliphatic heterocycles. The monoisotopic (exact) mass is 164 g/mol. The van der Waals surface area contributed by atoms with Crippen LogP contribution in [-0.2, 0) is 0 Å². The highest BCUT2D eigenvalue weighted by Crippen LogP contribution is 2.60. The van der Waals surface area contributed by atoms with Crippen molar-refractivity contribution < 1.29 is 0 Å². The summed E-state index contributed by atoms with van der Waals surface area (Å²) in [5, 5.41) is 0.174. The van der Waals surface area contributed by atoms with Gasteiger partial charge < -0.3 is 0 Å². The van der Waals surface area contributed by atoms with Crippen LogP contribution in [0.15, 0.2) is 0 Å². The highest BCUT2D eigenvalue weighted by molar-refractivity contribution is 6.14. The minimum atomic E-state index is 0.174. The summed E-state index contributed by atoms with van der Waals surface area (Å²) in [7, 11) is 6.03. The summed E-state index contributed by atoms with van der Waals surface area (Å²) in [6, 6.07) is 0. The van der Waals surface area contributed by atoms with Gasteiger partial charge in [0.05, 0.1) is 7.85 Å². The zero-order valence-corrected chi connectivity index (χ0v) is 8.82. The molecule has 0 aromatic carbocycles. The second-order valence-electron chi connectivity index (χ2n) is 4.65. The Morgan fingerprint density at radius 1 is 0.833 bits per heavy atom. The van der Waals surface area contributed by atoms with Crippen molar-refractivity contribution in [1.82, 2.24) is 0 Å². The molecular formula is C11H21B. The summed E-state index contributed by atoms with van der Waals surface area (Å²) in [5.41, 5.74) is 0.804. The van der Waals surface area contributed by atoms with Crippen molar-refractivity contribution in [2.75, 3.05) is 0 Å². The molecule has 2 aliphatic rings. The van der Waals surface area contributed by atoms with Crippen LogP contribution in [0.1, 0.15) is 59.3 Å². The summed E-state index contributed by atoms with van der Waals surface area (Å²) < 4.78 is 0. The van der Waals surface area contributed by atoms with Gasteiger partial charge in [0.2, 0.25) is 0 Å². The maximum atomic E-state index is 6.03. The second kappa shape index (κ2) is 3.43. The maximum Gasteiger partial charge on any atom is 0.0742 e. The average Bonchev–Trinajstić information content (AvgIpc) is 2.82.